The summed E-state index contributed by atoms with van der Waals surface area (Å²) < 4.78 is 10.4. The molecule has 0 fully saturated rings. The standard InChI is InChI=1S/C16H17BO3S/c1-11-16(17)13(10-21-11)9-20-14-5-3-4-12(8-14)6-7-15(18)19-2/h3-5,8,10H,6-7,9H2,1-2H3. The average molecular weight is 300 g/mol. The molecule has 0 unspecified atom stereocenters. The molecule has 2 radical (unpaired) electrons. The van der Waals surface area contributed by atoms with Gasteiger partial charge in [0, 0.05) is 6.42 Å². The Labute approximate surface area is 130 Å². The molecular weight excluding hydrogens is 283 g/mol. The molecule has 3 nitrogen and oxygen atoms in total. The summed E-state index contributed by atoms with van der Waals surface area (Å²) >= 11 is 1.63. The van der Waals surface area contributed by atoms with Crippen LogP contribution in [0, 0.1) is 6.92 Å². The molecule has 0 spiro atoms. The van der Waals surface area contributed by atoms with E-state index in [4.69, 9.17) is 12.6 Å². The van der Waals surface area contributed by atoms with Crippen molar-refractivity contribution < 1.29 is 14.3 Å². The second kappa shape index (κ2) is 7.32. The lowest BCUT2D eigenvalue weighted by molar-refractivity contribution is -0.140. The molecule has 21 heavy (non-hydrogen) atoms. The lowest BCUT2D eigenvalue weighted by atomic mass is 9.93. The minimum absolute atomic E-state index is 0.206. The number of hydrogen-bond donors (Lipinski definition) is 0. The summed E-state index contributed by atoms with van der Waals surface area (Å²) in [6, 6.07) is 7.73. The summed E-state index contributed by atoms with van der Waals surface area (Å²) in [5, 5.41) is 2.02. The highest BCUT2D eigenvalue weighted by Crippen LogP contribution is 2.17. The van der Waals surface area contributed by atoms with Crippen LogP contribution in [-0.4, -0.2) is 20.9 Å². The van der Waals surface area contributed by atoms with E-state index in [2.05, 4.69) is 4.74 Å². The zero-order valence-corrected chi connectivity index (χ0v) is 13.0. The van der Waals surface area contributed by atoms with E-state index >= 15 is 0 Å². The molecule has 1 heterocycles. The highest BCUT2D eigenvalue weighted by molar-refractivity contribution is 7.11. The van der Waals surface area contributed by atoms with E-state index in [0.29, 0.717) is 19.4 Å². The van der Waals surface area contributed by atoms with Crippen LogP contribution in [0.4, 0.5) is 0 Å². The van der Waals surface area contributed by atoms with Crippen molar-refractivity contribution in [1.82, 2.24) is 0 Å². The monoisotopic (exact) mass is 300 g/mol. The van der Waals surface area contributed by atoms with Crippen LogP contribution in [0.1, 0.15) is 22.4 Å². The number of ether oxygens (including phenoxy) is 2. The average Bonchev–Trinajstić information content (AvgIpc) is 2.82. The van der Waals surface area contributed by atoms with Gasteiger partial charge in [0.1, 0.15) is 20.2 Å². The van der Waals surface area contributed by atoms with Gasteiger partial charge in [0.15, 0.2) is 0 Å². The maximum Gasteiger partial charge on any atom is 0.305 e. The Balaban J connectivity index is 1.94. The summed E-state index contributed by atoms with van der Waals surface area (Å²) in [5.41, 5.74) is 2.87. The van der Waals surface area contributed by atoms with Crippen LogP contribution in [0.3, 0.4) is 0 Å². The Morgan fingerprint density at radius 3 is 2.86 bits per heavy atom. The molecule has 0 saturated heterocycles. The fraction of sp³-hybridized carbons (Fsp3) is 0.312. The Bertz CT molecular complexity index is 622. The fourth-order valence-electron chi connectivity index (χ4n) is 1.92. The Kier molecular flexibility index (Phi) is 5.45. The van der Waals surface area contributed by atoms with Gasteiger partial charge in [0.2, 0.25) is 0 Å². The smallest absolute Gasteiger partial charge is 0.305 e. The maximum atomic E-state index is 11.2. The van der Waals surface area contributed by atoms with Crippen molar-refractivity contribution in [3.8, 4) is 5.75 Å². The van der Waals surface area contributed by atoms with Gasteiger partial charge in [-0.15, -0.1) is 11.3 Å². The summed E-state index contributed by atoms with van der Waals surface area (Å²) in [4.78, 5) is 12.3. The van der Waals surface area contributed by atoms with E-state index in [1.165, 1.54) is 7.11 Å². The predicted octanol–water partition coefficient (Wildman–Crippen LogP) is 2.53. The molecule has 108 valence electrons. The van der Waals surface area contributed by atoms with Crippen molar-refractivity contribution in [2.45, 2.75) is 26.4 Å². The minimum Gasteiger partial charge on any atom is -0.489 e. The SMILES string of the molecule is [B]c1c(COc2cccc(CCC(=O)OC)c2)csc1C. The third-order valence-electron chi connectivity index (χ3n) is 3.24. The zero-order chi connectivity index (χ0) is 15.2. The van der Waals surface area contributed by atoms with E-state index in [9.17, 15) is 4.79 Å². The molecular formula is C16H17BO3S. The lowest BCUT2D eigenvalue weighted by Crippen LogP contribution is -2.11. The van der Waals surface area contributed by atoms with Crippen LogP contribution in [-0.2, 0) is 22.6 Å². The third-order valence-corrected chi connectivity index (χ3v) is 4.22. The van der Waals surface area contributed by atoms with Crippen LogP contribution < -0.4 is 10.2 Å². The number of thiophene rings is 1. The first-order valence-electron chi connectivity index (χ1n) is 6.71. The van der Waals surface area contributed by atoms with E-state index in [0.717, 1.165) is 27.2 Å². The molecule has 0 aliphatic rings. The van der Waals surface area contributed by atoms with Gasteiger partial charge in [0.25, 0.3) is 0 Å². The van der Waals surface area contributed by atoms with Crippen LogP contribution in [0.15, 0.2) is 29.6 Å². The molecule has 0 aliphatic heterocycles. The van der Waals surface area contributed by atoms with Crippen LogP contribution in [0.2, 0.25) is 0 Å². The molecule has 2 rings (SSSR count). The second-order valence-corrected chi connectivity index (χ2v) is 5.83. The first-order chi connectivity index (χ1) is 10.1. The van der Waals surface area contributed by atoms with Crippen molar-refractivity contribution in [3.05, 3.63) is 45.6 Å². The molecule has 0 saturated carbocycles. The molecule has 0 amide bonds. The van der Waals surface area contributed by atoms with Gasteiger partial charge in [-0.05, 0) is 46.9 Å². The molecule has 5 heteroatoms. The van der Waals surface area contributed by atoms with E-state index in [1.54, 1.807) is 11.3 Å². The number of rotatable bonds is 6. The molecule has 1 aromatic heterocycles. The molecule has 0 bridgehead atoms. The summed E-state index contributed by atoms with van der Waals surface area (Å²) in [7, 11) is 7.37. The fourth-order valence-corrected chi connectivity index (χ4v) is 2.70. The van der Waals surface area contributed by atoms with Gasteiger partial charge in [0.05, 0.1) is 7.11 Å². The molecule has 2 aromatic rings. The number of esters is 1. The molecule has 1 aromatic carbocycles. The number of hydrogen-bond acceptors (Lipinski definition) is 4. The summed E-state index contributed by atoms with van der Waals surface area (Å²) in [6.07, 6.45) is 1.01. The predicted molar refractivity (Wildman–Crippen MR) is 85.6 cm³/mol. The van der Waals surface area contributed by atoms with Gasteiger partial charge >= 0.3 is 5.97 Å². The van der Waals surface area contributed by atoms with Crippen molar-refractivity contribution >= 4 is 30.6 Å². The van der Waals surface area contributed by atoms with Gasteiger partial charge in [-0.25, -0.2) is 0 Å². The number of benzene rings is 1. The quantitative estimate of drug-likeness (QED) is 0.607. The van der Waals surface area contributed by atoms with Gasteiger partial charge < -0.3 is 9.47 Å². The Hall–Kier alpha value is -1.75. The Morgan fingerprint density at radius 2 is 2.19 bits per heavy atom. The van der Waals surface area contributed by atoms with Crippen molar-refractivity contribution in [1.29, 1.82) is 0 Å². The minimum atomic E-state index is -0.206. The van der Waals surface area contributed by atoms with Gasteiger partial charge in [-0.3, -0.25) is 4.79 Å². The molecule has 0 atom stereocenters. The first kappa shape index (κ1) is 15.6. The van der Waals surface area contributed by atoms with Gasteiger partial charge in [-0.2, -0.15) is 0 Å². The van der Waals surface area contributed by atoms with Crippen molar-refractivity contribution in [2.24, 2.45) is 0 Å². The third kappa shape index (κ3) is 4.36. The Morgan fingerprint density at radius 1 is 1.38 bits per heavy atom. The van der Waals surface area contributed by atoms with Crippen LogP contribution in [0.25, 0.3) is 0 Å². The number of carbonyl (C=O) groups is 1. The maximum absolute atomic E-state index is 11.2. The van der Waals surface area contributed by atoms with Crippen molar-refractivity contribution in [2.75, 3.05) is 7.11 Å². The highest BCUT2D eigenvalue weighted by atomic mass is 32.1. The van der Waals surface area contributed by atoms with Crippen LogP contribution >= 0.6 is 11.3 Å². The van der Waals surface area contributed by atoms with Gasteiger partial charge in [-0.1, -0.05) is 17.6 Å². The number of methoxy groups -OCH3 is 1. The largest absolute Gasteiger partial charge is 0.489 e. The first-order valence-corrected chi connectivity index (χ1v) is 7.59. The highest BCUT2D eigenvalue weighted by Gasteiger charge is 2.06. The van der Waals surface area contributed by atoms with Crippen LogP contribution in [0.5, 0.6) is 5.75 Å². The van der Waals surface area contributed by atoms with E-state index < -0.39 is 0 Å². The number of aryl methyl sites for hydroxylation is 2. The van der Waals surface area contributed by atoms with Crippen molar-refractivity contribution in [3.63, 3.8) is 0 Å². The van der Waals surface area contributed by atoms with E-state index in [-0.39, 0.29) is 5.97 Å². The summed E-state index contributed by atoms with van der Waals surface area (Å²) in [6.45, 7) is 2.45. The molecule has 0 aliphatic carbocycles. The lowest BCUT2D eigenvalue weighted by Gasteiger charge is -2.08. The topological polar surface area (TPSA) is 35.5 Å². The zero-order valence-electron chi connectivity index (χ0n) is 12.2. The second-order valence-electron chi connectivity index (χ2n) is 4.74. The number of carbonyl (C=O) groups excluding carboxylic acids is 1. The molecule has 0 N–H and O–H groups in total. The normalized spacial score (nSPS) is 10.4. The van der Waals surface area contributed by atoms with E-state index in [1.807, 2.05) is 36.6 Å². The summed E-state index contributed by atoms with van der Waals surface area (Å²) in [5.74, 6) is 0.573.